The second kappa shape index (κ2) is 12.5. The number of hydrogen-bond donors (Lipinski definition) is 1. The third-order valence-corrected chi connectivity index (χ3v) is 7.29. The van der Waals surface area contributed by atoms with E-state index in [2.05, 4.69) is 39.2 Å². The molecule has 5 rings (SSSR count). The van der Waals surface area contributed by atoms with Crippen molar-refractivity contribution in [3.63, 3.8) is 0 Å². The number of benzene rings is 2. The first-order chi connectivity index (χ1) is 20.3. The van der Waals surface area contributed by atoms with Gasteiger partial charge in [0.25, 0.3) is 5.91 Å². The Bertz CT molecular complexity index is 1640. The number of imidazole rings is 1. The fourth-order valence-electron chi connectivity index (χ4n) is 4.96. The lowest BCUT2D eigenvalue weighted by molar-refractivity contribution is 0.0629. The minimum Gasteiger partial charge on any atom is -0.476 e. The second-order valence-corrected chi connectivity index (χ2v) is 10.4. The Labute approximate surface area is 242 Å². The average Bonchev–Trinajstić information content (AvgIpc) is 3.42. The normalized spacial score (nSPS) is 13.9. The van der Waals surface area contributed by atoms with Gasteiger partial charge in [-0.05, 0) is 56.9 Å². The summed E-state index contributed by atoms with van der Waals surface area (Å²) in [5, 5.41) is 11.9. The van der Waals surface area contributed by atoms with Gasteiger partial charge in [0.2, 0.25) is 5.82 Å². The number of anilines is 2. The molecule has 12 heteroatoms. The molecule has 0 atom stereocenters. The van der Waals surface area contributed by atoms with E-state index in [1.54, 1.807) is 16.7 Å². The van der Waals surface area contributed by atoms with Crippen molar-refractivity contribution in [3.8, 4) is 23.1 Å². The maximum atomic E-state index is 14.9. The summed E-state index contributed by atoms with van der Waals surface area (Å²) in [6.07, 6.45) is 4.57. The number of amides is 1. The molecule has 0 saturated carbocycles. The van der Waals surface area contributed by atoms with Gasteiger partial charge < -0.3 is 19.9 Å². The molecule has 1 N–H and O–H groups in total. The number of aryl methyl sites for hydroxylation is 1. The van der Waals surface area contributed by atoms with Crippen LogP contribution < -0.4 is 10.1 Å². The van der Waals surface area contributed by atoms with Gasteiger partial charge in [-0.3, -0.25) is 14.1 Å². The molecule has 2 aromatic carbocycles. The molecule has 0 radical (unpaired) electrons. The van der Waals surface area contributed by atoms with Gasteiger partial charge in [0.15, 0.2) is 29.6 Å². The summed E-state index contributed by atoms with van der Waals surface area (Å²) in [5.74, 6) is -2.20. The highest BCUT2D eigenvalue weighted by molar-refractivity contribution is 5.96. The van der Waals surface area contributed by atoms with Crippen LogP contribution in [0.1, 0.15) is 15.9 Å². The molecular weight excluding hydrogens is 542 g/mol. The summed E-state index contributed by atoms with van der Waals surface area (Å²) in [6, 6.07) is 9.89. The third-order valence-electron chi connectivity index (χ3n) is 7.29. The summed E-state index contributed by atoms with van der Waals surface area (Å²) in [6.45, 7) is 6.59. The van der Waals surface area contributed by atoms with Crippen molar-refractivity contribution in [1.29, 1.82) is 5.26 Å². The van der Waals surface area contributed by atoms with Gasteiger partial charge in [-0.25, -0.2) is 14.4 Å². The number of hydrogen-bond acceptors (Lipinski definition) is 8. The highest BCUT2D eigenvalue weighted by Gasteiger charge is 2.24. The Kier molecular flexibility index (Phi) is 8.61. The minimum absolute atomic E-state index is 0.0151. The summed E-state index contributed by atoms with van der Waals surface area (Å²) < 4.78 is 36.1. The maximum absolute atomic E-state index is 14.9. The minimum atomic E-state index is -1.18. The molecule has 0 unspecified atom stereocenters. The molecule has 3 heterocycles. The third kappa shape index (κ3) is 6.02. The number of ether oxygens (including phenoxy) is 1. The van der Waals surface area contributed by atoms with E-state index >= 15 is 0 Å². The van der Waals surface area contributed by atoms with Crippen LogP contribution in [0.25, 0.3) is 16.9 Å². The molecule has 1 aliphatic heterocycles. The number of nitrogens with zero attached hydrogens (tertiary/aromatic N) is 7. The Morgan fingerprint density at radius 1 is 1.12 bits per heavy atom. The number of nitriles is 1. The first-order valence-electron chi connectivity index (χ1n) is 13.6. The average molecular weight is 575 g/mol. The number of aromatic nitrogens is 3. The summed E-state index contributed by atoms with van der Waals surface area (Å²) in [4.78, 5) is 28.5. The largest absolute Gasteiger partial charge is 0.476 e. The van der Waals surface area contributed by atoms with Crippen LogP contribution in [0.3, 0.4) is 0 Å². The van der Waals surface area contributed by atoms with Gasteiger partial charge in [-0.1, -0.05) is 0 Å². The van der Waals surface area contributed by atoms with Crippen LogP contribution in [0.15, 0.2) is 48.9 Å². The predicted molar refractivity (Wildman–Crippen MR) is 155 cm³/mol. The van der Waals surface area contributed by atoms with Crippen molar-refractivity contribution in [2.75, 3.05) is 65.3 Å². The summed E-state index contributed by atoms with van der Waals surface area (Å²) in [5.41, 5.74) is 2.89. The highest BCUT2D eigenvalue weighted by atomic mass is 19.2. The van der Waals surface area contributed by atoms with Crippen LogP contribution in [0.2, 0.25) is 0 Å². The topological polar surface area (TPSA) is 102 Å². The lowest BCUT2D eigenvalue weighted by Crippen LogP contribution is -2.50. The van der Waals surface area contributed by atoms with Gasteiger partial charge in [0.1, 0.15) is 6.07 Å². The molecule has 42 heavy (non-hydrogen) atoms. The molecule has 0 aliphatic carbocycles. The molecule has 1 amide bonds. The van der Waals surface area contributed by atoms with E-state index in [0.717, 1.165) is 31.7 Å². The smallest absolute Gasteiger partial charge is 0.254 e. The zero-order valence-corrected chi connectivity index (χ0v) is 23.8. The van der Waals surface area contributed by atoms with E-state index in [1.807, 2.05) is 30.0 Å². The Balaban J connectivity index is 1.31. The maximum Gasteiger partial charge on any atom is 0.254 e. The van der Waals surface area contributed by atoms with Gasteiger partial charge in [0.05, 0.1) is 11.9 Å². The van der Waals surface area contributed by atoms with Crippen molar-refractivity contribution in [2.45, 2.75) is 6.92 Å². The van der Waals surface area contributed by atoms with E-state index in [9.17, 15) is 13.6 Å². The Morgan fingerprint density at radius 2 is 1.90 bits per heavy atom. The highest BCUT2D eigenvalue weighted by Crippen LogP contribution is 2.32. The number of carbonyl (C=O) groups is 1. The standard InChI is InChI=1S/C30H32F2N8O2/c1-20-18-21(4-5-22(20)30(41)39-15-13-38(14-16-39)12-11-37(2)3)36-28-29-35-19-24(40(29)10-9-34-28)23-6-7-25(42-17-8-33)27(32)26(23)31/h4-7,9-10,18-19H,11-17H2,1-3H3,(H,34,36). The number of halogens is 2. The Hall–Kier alpha value is -4.60. The quantitative estimate of drug-likeness (QED) is 0.321. The van der Waals surface area contributed by atoms with Crippen LogP contribution >= 0.6 is 0 Å². The fraction of sp³-hybridized carbons (Fsp3) is 0.333. The summed E-state index contributed by atoms with van der Waals surface area (Å²) >= 11 is 0. The Morgan fingerprint density at radius 3 is 2.62 bits per heavy atom. The molecule has 1 fully saturated rings. The first kappa shape index (κ1) is 28.9. The zero-order valence-electron chi connectivity index (χ0n) is 23.8. The van der Waals surface area contributed by atoms with Crippen molar-refractivity contribution in [2.24, 2.45) is 0 Å². The van der Waals surface area contributed by atoms with Crippen molar-refractivity contribution >= 4 is 23.1 Å². The fourth-order valence-corrected chi connectivity index (χ4v) is 4.96. The van der Waals surface area contributed by atoms with Crippen molar-refractivity contribution in [3.05, 3.63) is 71.7 Å². The molecule has 0 spiro atoms. The second-order valence-electron chi connectivity index (χ2n) is 10.4. The molecule has 4 aromatic rings. The van der Waals surface area contributed by atoms with E-state index in [0.29, 0.717) is 41.5 Å². The lowest BCUT2D eigenvalue weighted by atomic mass is 10.1. The number of rotatable bonds is 9. The van der Waals surface area contributed by atoms with Crippen LogP contribution in [-0.4, -0.2) is 94.9 Å². The van der Waals surface area contributed by atoms with Gasteiger partial charge in [-0.2, -0.15) is 9.65 Å². The van der Waals surface area contributed by atoms with E-state index in [-0.39, 0.29) is 17.2 Å². The number of nitrogens with one attached hydrogen (secondary N) is 1. The molecule has 10 nitrogen and oxygen atoms in total. The lowest BCUT2D eigenvalue weighted by Gasteiger charge is -2.35. The van der Waals surface area contributed by atoms with E-state index in [4.69, 9.17) is 10.00 Å². The molecule has 0 bridgehead atoms. The molecule has 2 aromatic heterocycles. The number of likely N-dealkylation sites (N-methyl/N-ethyl adjacent to an activating group) is 1. The van der Waals surface area contributed by atoms with E-state index < -0.39 is 18.2 Å². The molecule has 1 aliphatic rings. The molecule has 218 valence electrons. The number of piperazine rings is 1. The van der Waals surface area contributed by atoms with Gasteiger partial charge in [0, 0.05) is 68.5 Å². The van der Waals surface area contributed by atoms with Gasteiger partial charge >= 0.3 is 0 Å². The van der Waals surface area contributed by atoms with Gasteiger partial charge in [-0.15, -0.1) is 0 Å². The van der Waals surface area contributed by atoms with Crippen molar-refractivity contribution in [1.82, 2.24) is 29.1 Å². The van der Waals surface area contributed by atoms with Crippen LogP contribution in [-0.2, 0) is 0 Å². The molecule has 1 saturated heterocycles. The monoisotopic (exact) mass is 574 g/mol. The predicted octanol–water partition coefficient (Wildman–Crippen LogP) is 3.95. The van der Waals surface area contributed by atoms with E-state index in [1.165, 1.54) is 24.5 Å². The van der Waals surface area contributed by atoms with Crippen LogP contribution in [0.4, 0.5) is 20.3 Å². The van der Waals surface area contributed by atoms with Crippen LogP contribution in [0, 0.1) is 29.9 Å². The first-order valence-corrected chi connectivity index (χ1v) is 13.6. The summed E-state index contributed by atoms with van der Waals surface area (Å²) in [7, 11) is 4.12. The molecular formula is C30H32F2N8O2. The van der Waals surface area contributed by atoms with Crippen LogP contribution in [0.5, 0.6) is 5.75 Å². The van der Waals surface area contributed by atoms with Crippen molar-refractivity contribution < 1.29 is 18.3 Å². The SMILES string of the molecule is Cc1cc(Nc2nccn3c(-c4ccc(OCC#N)c(F)c4F)cnc23)ccc1C(=O)N1CCN(CCN(C)C)CC1. The number of carbonyl (C=O) groups excluding carboxylic acids is 1. The zero-order chi connectivity index (χ0) is 29.8. The number of fused-ring (bicyclic) bond motifs is 1.